The van der Waals surface area contributed by atoms with Crippen molar-refractivity contribution in [3.05, 3.63) is 45.8 Å². The van der Waals surface area contributed by atoms with Crippen LogP contribution >= 0.6 is 23.1 Å². The molecule has 1 N–H and O–H groups in total. The van der Waals surface area contributed by atoms with Crippen LogP contribution < -0.4 is 5.32 Å². The van der Waals surface area contributed by atoms with Crippen molar-refractivity contribution in [3.8, 4) is 0 Å². The Kier molecular flexibility index (Phi) is 8.28. The zero-order valence-electron chi connectivity index (χ0n) is 17.2. The number of nitrogens with one attached hydrogen (secondary N) is 1. The van der Waals surface area contributed by atoms with Gasteiger partial charge >= 0.3 is 11.9 Å². The number of carbonyl (C=O) groups is 3. The molecular formula is C21H25NO5S2. The predicted molar refractivity (Wildman–Crippen MR) is 116 cm³/mol. The van der Waals surface area contributed by atoms with Crippen LogP contribution in [0.5, 0.6) is 0 Å². The Bertz CT molecular complexity index is 889. The van der Waals surface area contributed by atoms with E-state index in [2.05, 4.69) is 5.32 Å². The van der Waals surface area contributed by atoms with Gasteiger partial charge in [-0.15, -0.1) is 23.1 Å². The van der Waals surface area contributed by atoms with Crippen LogP contribution in [0.15, 0.2) is 29.2 Å². The number of rotatable bonds is 8. The van der Waals surface area contributed by atoms with Gasteiger partial charge < -0.3 is 14.8 Å². The van der Waals surface area contributed by atoms with Gasteiger partial charge in [0.25, 0.3) is 0 Å². The van der Waals surface area contributed by atoms with Gasteiger partial charge in [0.05, 0.1) is 24.0 Å². The third-order valence-electron chi connectivity index (χ3n) is 4.03. The van der Waals surface area contributed by atoms with E-state index in [1.54, 1.807) is 27.7 Å². The lowest BCUT2D eigenvalue weighted by Crippen LogP contribution is -2.23. The first-order valence-electron chi connectivity index (χ1n) is 9.30. The topological polar surface area (TPSA) is 81.7 Å². The second-order valence-corrected chi connectivity index (χ2v) is 8.70. The molecule has 0 aliphatic heterocycles. The Labute approximate surface area is 179 Å². The fraction of sp³-hybridized carbons (Fsp3) is 0.381. The lowest BCUT2D eigenvalue weighted by atomic mass is 10.1. The van der Waals surface area contributed by atoms with E-state index in [1.807, 2.05) is 31.2 Å². The van der Waals surface area contributed by atoms with Crippen LogP contribution in [0.1, 0.15) is 51.9 Å². The maximum Gasteiger partial charge on any atom is 0.348 e. The summed E-state index contributed by atoms with van der Waals surface area (Å²) in [5.41, 5.74) is 1.79. The van der Waals surface area contributed by atoms with Crippen LogP contribution in [0, 0.1) is 13.8 Å². The van der Waals surface area contributed by atoms with Crippen molar-refractivity contribution >= 4 is 45.9 Å². The standard InChI is InChI=1S/C21H25NO5S2/c1-6-26-20(24)16-13(4)17(21(25)27-7-2)29-19(16)22-18(23)14(5)28-15-10-8-12(3)9-11-15/h8-11,14H,6-7H2,1-5H3,(H,22,23). The van der Waals surface area contributed by atoms with Crippen molar-refractivity contribution in [2.75, 3.05) is 18.5 Å². The first kappa shape index (κ1) is 23.0. The van der Waals surface area contributed by atoms with E-state index >= 15 is 0 Å². The average molecular weight is 436 g/mol. The summed E-state index contributed by atoms with van der Waals surface area (Å²) in [7, 11) is 0. The number of hydrogen-bond donors (Lipinski definition) is 1. The molecule has 1 heterocycles. The van der Waals surface area contributed by atoms with Gasteiger partial charge in [0.1, 0.15) is 9.88 Å². The third-order valence-corrected chi connectivity index (χ3v) is 6.33. The van der Waals surface area contributed by atoms with E-state index < -0.39 is 17.2 Å². The van der Waals surface area contributed by atoms with Gasteiger partial charge in [0, 0.05) is 4.90 Å². The van der Waals surface area contributed by atoms with Crippen molar-refractivity contribution in [1.29, 1.82) is 0 Å². The highest BCUT2D eigenvalue weighted by Gasteiger charge is 2.28. The van der Waals surface area contributed by atoms with Gasteiger partial charge in [-0.3, -0.25) is 4.79 Å². The molecule has 0 saturated heterocycles. The lowest BCUT2D eigenvalue weighted by molar-refractivity contribution is -0.115. The number of benzene rings is 1. The highest BCUT2D eigenvalue weighted by molar-refractivity contribution is 8.00. The summed E-state index contributed by atoms with van der Waals surface area (Å²) < 4.78 is 10.2. The smallest absolute Gasteiger partial charge is 0.348 e. The summed E-state index contributed by atoms with van der Waals surface area (Å²) in [6.07, 6.45) is 0. The van der Waals surface area contributed by atoms with E-state index in [0.29, 0.717) is 10.6 Å². The monoisotopic (exact) mass is 435 g/mol. The molecule has 1 aromatic heterocycles. The summed E-state index contributed by atoms with van der Waals surface area (Å²) in [5.74, 6) is -1.37. The molecular weight excluding hydrogens is 410 g/mol. The molecule has 0 spiro atoms. The molecule has 1 amide bonds. The highest BCUT2D eigenvalue weighted by atomic mass is 32.2. The van der Waals surface area contributed by atoms with Crippen molar-refractivity contribution in [2.45, 2.75) is 44.8 Å². The van der Waals surface area contributed by atoms with E-state index in [0.717, 1.165) is 21.8 Å². The van der Waals surface area contributed by atoms with Crippen LogP contribution in [0.25, 0.3) is 0 Å². The fourth-order valence-corrected chi connectivity index (χ4v) is 4.49. The summed E-state index contributed by atoms with van der Waals surface area (Å²) in [6.45, 7) is 9.25. The lowest BCUT2D eigenvalue weighted by Gasteiger charge is -2.12. The van der Waals surface area contributed by atoms with Crippen LogP contribution in [0.4, 0.5) is 5.00 Å². The Morgan fingerprint density at radius 3 is 2.21 bits per heavy atom. The summed E-state index contributed by atoms with van der Waals surface area (Å²) in [5, 5.41) is 2.68. The third kappa shape index (κ3) is 5.83. The normalized spacial score (nSPS) is 11.6. The van der Waals surface area contributed by atoms with Crippen LogP contribution in [0.3, 0.4) is 0 Å². The number of thioether (sulfide) groups is 1. The van der Waals surface area contributed by atoms with Gasteiger partial charge in [-0.25, -0.2) is 9.59 Å². The molecule has 1 aromatic carbocycles. The van der Waals surface area contributed by atoms with Crippen molar-refractivity contribution in [1.82, 2.24) is 0 Å². The van der Waals surface area contributed by atoms with Crippen LogP contribution in [-0.4, -0.2) is 36.3 Å². The van der Waals surface area contributed by atoms with Crippen LogP contribution in [-0.2, 0) is 14.3 Å². The number of thiophene rings is 1. The number of esters is 2. The molecule has 0 saturated carbocycles. The van der Waals surface area contributed by atoms with E-state index in [1.165, 1.54) is 11.8 Å². The Balaban J connectivity index is 2.25. The minimum atomic E-state index is -0.578. The average Bonchev–Trinajstić information content (AvgIpc) is 3.00. The predicted octanol–water partition coefficient (Wildman–Crippen LogP) is 4.84. The van der Waals surface area contributed by atoms with Crippen molar-refractivity contribution < 1.29 is 23.9 Å². The van der Waals surface area contributed by atoms with Gasteiger partial charge in [0.2, 0.25) is 5.91 Å². The molecule has 2 rings (SSSR count). The van der Waals surface area contributed by atoms with E-state index in [-0.39, 0.29) is 29.6 Å². The molecule has 1 atom stereocenters. The van der Waals surface area contributed by atoms with Crippen molar-refractivity contribution in [3.63, 3.8) is 0 Å². The zero-order valence-corrected chi connectivity index (χ0v) is 18.8. The second-order valence-electron chi connectivity index (χ2n) is 6.26. The molecule has 0 bridgehead atoms. The minimum absolute atomic E-state index is 0.190. The van der Waals surface area contributed by atoms with Gasteiger partial charge in [-0.1, -0.05) is 17.7 Å². The molecule has 156 valence electrons. The van der Waals surface area contributed by atoms with E-state index in [4.69, 9.17) is 9.47 Å². The first-order chi connectivity index (χ1) is 13.8. The largest absolute Gasteiger partial charge is 0.462 e. The number of ether oxygens (including phenoxy) is 2. The number of amides is 1. The Morgan fingerprint density at radius 1 is 1.03 bits per heavy atom. The van der Waals surface area contributed by atoms with Gasteiger partial charge in [-0.2, -0.15) is 0 Å². The number of carbonyl (C=O) groups excluding carboxylic acids is 3. The second kappa shape index (κ2) is 10.5. The molecule has 8 heteroatoms. The summed E-state index contributed by atoms with van der Waals surface area (Å²) in [4.78, 5) is 38.6. The number of aryl methyl sites for hydroxylation is 1. The van der Waals surface area contributed by atoms with E-state index in [9.17, 15) is 14.4 Å². The Morgan fingerprint density at radius 2 is 1.62 bits per heavy atom. The first-order valence-corrected chi connectivity index (χ1v) is 11.0. The highest BCUT2D eigenvalue weighted by Crippen LogP contribution is 2.35. The van der Waals surface area contributed by atoms with Crippen molar-refractivity contribution in [2.24, 2.45) is 0 Å². The fourth-order valence-electron chi connectivity index (χ4n) is 2.53. The quantitative estimate of drug-likeness (QED) is 0.472. The minimum Gasteiger partial charge on any atom is -0.462 e. The number of anilines is 1. The number of hydrogen-bond acceptors (Lipinski definition) is 7. The maximum atomic E-state index is 12.7. The summed E-state index contributed by atoms with van der Waals surface area (Å²) in [6, 6.07) is 7.89. The molecule has 6 nitrogen and oxygen atoms in total. The Hall–Kier alpha value is -2.32. The SMILES string of the molecule is CCOC(=O)c1sc(NC(=O)C(C)Sc2ccc(C)cc2)c(C(=O)OCC)c1C. The van der Waals surface area contributed by atoms with Crippen LogP contribution in [0.2, 0.25) is 0 Å². The molecule has 0 aliphatic rings. The molecule has 0 aliphatic carbocycles. The zero-order chi connectivity index (χ0) is 21.6. The molecule has 0 radical (unpaired) electrons. The molecule has 0 fully saturated rings. The van der Waals surface area contributed by atoms with Gasteiger partial charge in [-0.05, 0) is 52.3 Å². The molecule has 29 heavy (non-hydrogen) atoms. The maximum absolute atomic E-state index is 12.7. The van der Waals surface area contributed by atoms with Gasteiger partial charge in [0.15, 0.2) is 0 Å². The molecule has 2 aromatic rings. The molecule has 1 unspecified atom stereocenters. The summed E-state index contributed by atoms with van der Waals surface area (Å²) >= 11 is 2.44.